The highest BCUT2D eigenvalue weighted by molar-refractivity contribution is 8.00. The third kappa shape index (κ3) is 5.79. The van der Waals surface area contributed by atoms with Crippen LogP contribution in [0.3, 0.4) is 0 Å². The molecule has 2 aromatic carbocycles. The molecule has 0 bridgehead atoms. The second-order valence-corrected chi connectivity index (χ2v) is 8.58. The lowest BCUT2D eigenvalue weighted by Crippen LogP contribution is -2.24. The van der Waals surface area contributed by atoms with Crippen LogP contribution in [-0.4, -0.2) is 32.2 Å². The molecule has 10 heteroatoms. The highest BCUT2D eigenvalue weighted by Crippen LogP contribution is 2.25. The van der Waals surface area contributed by atoms with Crippen molar-refractivity contribution >= 4 is 35.0 Å². The van der Waals surface area contributed by atoms with Gasteiger partial charge in [-0.3, -0.25) is 19.4 Å². The maximum absolute atomic E-state index is 13.0. The molecule has 1 aromatic heterocycles. The first-order valence-corrected chi connectivity index (χ1v) is 10.7. The Morgan fingerprint density at radius 2 is 1.66 bits per heavy atom. The van der Waals surface area contributed by atoms with Crippen molar-refractivity contribution in [2.24, 2.45) is 5.92 Å². The molecule has 1 atom stereocenters. The van der Waals surface area contributed by atoms with Gasteiger partial charge in [-0.2, -0.15) is 0 Å². The predicted octanol–water partition coefficient (Wildman–Crippen LogP) is 3.68. The van der Waals surface area contributed by atoms with Gasteiger partial charge in [0.15, 0.2) is 10.9 Å². The van der Waals surface area contributed by atoms with E-state index in [1.165, 1.54) is 24.3 Å². The van der Waals surface area contributed by atoms with Gasteiger partial charge >= 0.3 is 0 Å². The average molecular weight is 456 g/mol. The van der Waals surface area contributed by atoms with Crippen LogP contribution in [-0.2, 0) is 9.59 Å². The number of aromatic amines is 1. The Kier molecular flexibility index (Phi) is 7.37. The van der Waals surface area contributed by atoms with Gasteiger partial charge < -0.3 is 10.6 Å². The van der Waals surface area contributed by atoms with Crippen molar-refractivity contribution in [1.29, 1.82) is 0 Å². The molecule has 2 amide bonds. The van der Waals surface area contributed by atoms with Crippen LogP contribution in [0, 0.1) is 11.7 Å². The summed E-state index contributed by atoms with van der Waals surface area (Å²) in [6.07, 6.45) is 0. The summed E-state index contributed by atoms with van der Waals surface area (Å²) in [5.41, 5.74) is 0.906. The van der Waals surface area contributed by atoms with Gasteiger partial charge in [0.25, 0.3) is 5.56 Å². The van der Waals surface area contributed by atoms with E-state index in [0.29, 0.717) is 16.9 Å². The fraction of sp³-hybridized carbons (Fsp3) is 0.227. The van der Waals surface area contributed by atoms with Gasteiger partial charge in [0, 0.05) is 17.2 Å². The molecule has 8 nitrogen and oxygen atoms in total. The number of H-pyrrole nitrogens is 1. The van der Waals surface area contributed by atoms with Crippen LogP contribution in [0.15, 0.2) is 58.5 Å². The number of carbonyl (C=O) groups excluding carboxylic acids is 2. The molecule has 3 N–H and O–H groups in total. The standard InChI is InChI=1S/C22H22FN5O3S/c1-12(2)19(29)25-17-7-5-4-6-16(17)18-21(31)26-22(28-27-18)32-13(3)20(30)24-15-10-8-14(23)9-11-15/h4-13H,1-3H3,(H,24,30)(H,25,29)(H,26,28,31)/t13-/m0/s1. The maximum Gasteiger partial charge on any atom is 0.278 e. The summed E-state index contributed by atoms with van der Waals surface area (Å²) in [6, 6.07) is 12.2. The number of hydrogen-bond donors (Lipinski definition) is 3. The molecule has 166 valence electrons. The number of benzene rings is 2. The van der Waals surface area contributed by atoms with Crippen LogP contribution >= 0.6 is 11.8 Å². The van der Waals surface area contributed by atoms with E-state index in [9.17, 15) is 18.8 Å². The number of thioether (sulfide) groups is 1. The highest BCUT2D eigenvalue weighted by atomic mass is 32.2. The SMILES string of the molecule is CC(C)C(=O)Nc1ccccc1-c1nnc(S[C@@H](C)C(=O)Nc2ccc(F)cc2)[nH]c1=O. The molecule has 0 fully saturated rings. The summed E-state index contributed by atoms with van der Waals surface area (Å²) in [5.74, 6) is -1.15. The van der Waals surface area contributed by atoms with E-state index in [1.54, 1.807) is 45.0 Å². The van der Waals surface area contributed by atoms with Crippen LogP contribution in [0.4, 0.5) is 15.8 Å². The minimum Gasteiger partial charge on any atom is -0.325 e. The molecule has 0 saturated heterocycles. The van der Waals surface area contributed by atoms with Crippen LogP contribution < -0.4 is 16.2 Å². The van der Waals surface area contributed by atoms with Gasteiger partial charge in [-0.15, -0.1) is 10.2 Å². The largest absolute Gasteiger partial charge is 0.325 e. The van der Waals surface area contributed by atoms with E-state index < -0.39 is 16.6 Å². The minimum atomic E-state index is -0.603. The summed E-state index contributed by atoms with van der Waals surface area (Å²) in [6.45, 7) is 5.18. The van der Waals surface area contributed by atoms with Gasteiger partial charge in [-0.25, -0.2) is 4.39 Å². The number of anilines is 2. The van der Waals surface area contributed by atoms with Crippen molar-refractivity contribution in [2.45, 2.75) is 31.2 Å². The molecule has 0 radical (unpaired) electrons. The Bertz CT molecular complexity index is 1180. The third-order valence-electron chi connectivity index (χ3n) is 4.41. The molecular formula is C22H22FN5O3S. The van der Waals surface area contributed by atoms with Crippen molar-refractivity contribution in [2.75, 3.05) is 10.6 Å². The summed E-state index contributed by atoms with van der Waals surface area (Å²) < 4.78 is 13.0. The lowest BCUT2D eigenvalue weighted by molar-refractivity contribution is -0.119. The van der Waals surface area contributed by atoms with E-state index in [-0.39, 0.29) is 28.6 Å². The summed E-state index contributed by atoms with van der Waals surface area (Å²) in [5, 5.41) is 13.1. The minimum absolute atomic E-state index is 0.0532. The Balaban J connectivity index is 1.74. The molecule has 0 spiro atoms. The molecule has 3 rings (SSSR count). The smallest absolute Gasteiger partial charge is 0.278 e. The number of nitrogens with one attached hydrogen (secondary N) is 3. The van der Waals surface area contributed by atoms with E-state index in [0.717, 1.165) is 11.8 Å². The number of halogens is 1. The van der Waals surface area contributed by atoms with Crippen molar-refractivity contribution in [3.63, 3.8) is 0 Å². The first-order valence-electron chi connectivity index (χ1n) is 9.85. The first-order chi connectivity index (χ1) is 15.2. The fourth-order valence-electron chi connectivity index (χ4n) is 2.63. The zero-order valence-corrected chi connectivity index (χ0v) is 18.5. The molecule has 0 unspecified atom stereocenters. The molecule has 0 aliphatic heterocycles. The second kappa shape index (κ2) is 10.2. The number of hydrogen-bond acceptors (Lipinski definition) is 6. The number of carbonyl (C=O) groups is 2. The lowest BCUT2D eigenvalue weighted by Gasteiger charge is -2.13. The van der Waals surface area contributed by atoms with Gasteiger partial charge in [0.1, 0.15) is 5.82 Å². The second-order valence-electron chi connectivity index (χ2n) is 7.25. The Hall–Kier alpha value is -3.53. The molecule has 1 heterocycles. The fourth-order valence-corrected chi connectivity index (χ4v) is 3.37. The van der Waals surface area contributed by atoms with E-state index >= 15 is 0 Å². The van der Waals surface area contributed by atoms with E-state index in [2.05, 4.69) is 25.8 Å². The monoisotopic (exact) mass is 455 g/mol. The lowest BCUT2D eigenvalue weighted by atomic mass is 10.1. The van der Waals surface area contributed by atoms with E-state index in [1.807, 2.05) is 0 Å². The zero-order valence-electron chi connectivity index (χ0n) is 17.7. The molecule has 0 saturated carbocycles. The van der Waals surface area contributed by atoms with Crippen molar-refractivity contribution in [1.82, 2.24) is 15.2 Å². The van der Waals surface area contributed by atoms with Crippen LogP contribution in [0.1, 0.15) is 20.8 Å². The number of amides is 2. The van der Waals surface area contributed by atoms with Crippen LogP contribution in [0.2, 0.25) is 0 Å². The average Bonchev–Trinajstić information content (AvgIpc) is 2.76. The van der Waals surface area contributed by atoms with Gasteiger partial charge in [0.05, 0.1) is 10.9 Å². The van der Waals surface area contributed by atoms with Crippen molar-refractivity contribution < 1.29 is 14.0 Å². The van der Waals surface area contributed by atoms with Crippen LogP contribution in [0.25, 0.3) is 11.3 Å². The zero-order chi connectivity index (χ0) is 23.3. The maximum atomic E-state index is 13.0. The number of nitrogens with zero attached hydrogens (tertiary/aromatic N) is 2. The number of aromatic nitrogens is 3. The van der Waals surface area contributed by atoms with Gasteiger partial charge in [0.2, 0.25) is 11.8 Å². The quantitative estimate of drug-likeness (QED) is 0.468. The summed E-state index contributed by atoms with van der Waals surface area (Å²) in [7, 11) is 0. The molecule has 0 aliphatic rings. The molecule has 3 aromatic rings. The number of rotatable bonds is 7. The Morgan fingerprint density at radius 1 is 0.969 bits per heavy atom. The summed E-state index contributed by atoms with van der Waals surface area (Å²) >= 11 is 1.03. The first kappa shape index (κ1) is 23.1. The predicted molar refractivity (Wildman–Crippen MR) is 122 cm³/mol. The third-order valence-corrected chi connectivity index (χ3v) is 5.38. The topological polar surface area (TPSA) is 117 Å². The molecular weight excluding hydrogens is 433 g/mol. The summed E-state index contributed by atoms with van der Waals surface area (Å²) in [4.78, 5) is 39.7. The Labute approximate surface area is 188 Å². The Morgan fingerprint density at radius 3 is 2.31 bits per heavy atom. The van der Waals surface area contributed by atoms with Gasteiger partial charge in [-0.05, 0) is 37.3 Å². The number of para-hydroxylation sites is 1. The van der Waals surface area contributed by atoms with Gasteiger partial charge in [-0.1, -0.05) is 43.8 Å². The van der Waals surface area contributed by atoms with E-state index in [4.69, 9.17) is 0 Å². The van der Waals surface area contributed by atoms with Crippen molar-refractivity contribution in [3.05, 3.63) is 64.7 Å². The highest BCUT2D eigenvalue weighted by Gasteiger charge is 2.19. The normalized spacial score (nSPS) is 11.8. The van der Waals surface area contributed by atoms with Crippen molar-refractivity contribution in [3.8, 4) is 11.3 Å². The molecule has 0 aliphatic carbocycles. The van der Waals surface area contributed by atoms with Crippen LogP contribution in [0.5, 0.6) is 0 Å². The molecule has 32 heavy (non-hydrogen) atoms.